The van der Waals surface area contributed by atoms with E-state index in [9.17, 15) is 0 Å². The molecule has 0 radical (unpaired) electrons. The zero-order chi connectivity index (χ0) is 12.5. The molecule has 2 nitrogen and oxygen atoms in total. The first-order chi connectivity index (χ1) is 8.04. The fourth-order valence-electron chi connectivity index (χ4n) is 2.79. The van der Waals surface area contributed by atoms with Crippen molar-refractivity contribution in [3.8, 4) is 0 Å². The van der Waals surface area contributed by atoms with Crippen LogP contribution >= 0.6 is 0 Å². The van der Waals surface area contributed by atoms with Crippen LogP contribution in [-0.4, -0.2) is 11.1 Å². The van der Waals surface area contributed by atoms with Gasteiger partial charge in [0, 0.05) is 11.1 Å². The summed E-state index contributed by atoms with van der Waals surface area (Å²) in [6, 6.07) is 10.6. The van der Waals surface area contributed by atoms with Crippen LogP contribution in [0.4, 0.5) is 0 Å². The lowest BCUT2D eigenvalue weighted by molar-refractivity contribution is 0.232. The van der Waals surface area contributed by atoms with Crippen molar-refractivity contribution in [1.82, 2.24) is 10.6 Å². The molecule has 3 atom stereocenters. The van der Waals surface area contributed by atoms with Crippen molar-refractivity contribution in [3.05, 3.63) is 35.9 Å². The molecular formula is C15H24N2. The van der Waals surface area contributed by atoms with Gasteiger partial charge in [-0.3, -0.25) is 10.6 Å². The zero-order valence-corrected chi connectivity index (χ0v) is 11.4. The summed E-state index contributed by atoms with van der Waals surface area (Å²) in [4.78, 5) is 0. The third-order valence-corrected chi connectivity index (χ3v) is 4.69. The van der Waals surface area contributed by atoms with Crippen LogP contribution in [0.15, 0.2) is 30.3 Å². The van der Waals surface area contributed by atoms with Crippen LogP contribution in [0.25, 0.3) is 0 Å². The van der Waals surface area contributed by atoms with Crippen molar-refractivity contribution in [3.63, 3.8) is 0 Å². The van der Waals surface area contributed by atoms with Gasteiger partial charge in [-0.25, -0.2) is 0 Å². The van der Waals surface area contributed by atoms with E-state index in [-0.39, 0.29) is 17.2 Å². The minimum atomic E-state index is 0.155. The Morgan fingerprint density at radius 1 is 0.941 bits per heavy atom. The molecule has 0 aromatic heterocycles. The van der Waals surface area contributed by atoms with Crippen molar-refractivity contribution in [2.45, 2.75) is 57.8 Å². The molecule has 1 saturated heterocycles. The third kappa shape index (κ3) is 2.00. The Bertz CT molecular complexity index is 358. The van der Waals surface area contributed by atoms with Gasteiger partial charge in [-0.1, -0.05) is 44.2 Å². The van der Waals surface area contributed by atoms with Crippen molar-refractivity contribution < 1.29 is 0 Å². The summed E-state index contributed by atoms with van der Waals surface area (Å²) < 4.78 is 0. The molecule has 1 heterocycles. The molecule has 1 unspecified atom stereocenters. The summed E-state index contributed by atoms with van der Waals surface area (Å²) in [7, 11) is 0. The third-order valence-electron chi connectivity index (χ3n) is 4.69. The number of benzene rings is 1. The van der Waals surface area contributed by atoms with Gasteiger partial charge in [0.1, 0.15) is 0 Å². The maximum atomic E-state index is 3.76. The Labute approximate surface area is 105 Å². The standard InChI is InChI=1S/C15H24N2/c1-5-14(3)15(4,6-2)17-13(16-14)12-10-8-7-9-11-12/h7-11,13,16-17H,5-6H2,1-4H3/t13?,14-,15+. The fourth-order valence-corrected chi connectivity index (χ4v) is 2.79. The molecule has 1 fully saturated rings. The lowest BCUT2D eigenvalue weighted by Crippen LogP contribution is -2.55. The quantitative estimate of drug-likeness (QED) is 0.836. The predicted molar refractivity (Wildman–Crippen MR) is 72.8 cm³/mol. The summed E-state index contributed by atoms with van der Waals surface area (Å²) in [6.07, 6.45) is 2.53. The first kappa shape index (κ1) is 12.6. The second-order valence-corrected chi connectivity index (χ2v) is 5.50. The Balaban J connectivity index is 2.27. The number of hydrogen-bond donors (Lipinski definition) is 2. The van der Waals surface area contributed by atoms with Gasteiger partial charge >= 0.3 is 0 Å². The monoisotopic (exact) mass is 232 g/mol. The maximum absolute atomic E-state index is 3.76. The van der Waals surface area contributed by atoms with Crippen LogP contribution in [0, 0.1) is 0 Å². The molecule has 0 saturated carbocycles. The molecule has 0 bridgehead atoms. The molecule has 2 heteroatoms. The summed E-state index contributed by atoms with van der Waals surface area (Å²) >= 11 is 0. The molecule has 1 aromatic rings. The zero-order valence-electron chi connectivity index (χ0n) is 11.4. The summed E-state index contributed by atoms with van der Waals surface area (Å²) in [5.41, 5.74) is 1.63. The molecule has 0 aliphatic carbocycles. The van der Waals surface area contributed by atoms with Gasteiger partial charge < -0.3 is 0 Å². The van der Waals surface area contributed by atoms with Crippen LogP contribution in [0.3, 0.4) is 0 Å². The molecule has 1 aromatic carbocycles. The highest BCUT2D eigenvalue weighted by Gasteiger charge is 2.49. The molecule has 2 N–H and O–H groups in total. The Morgan fingerprint density at radius 3 is 1.82 bits per heavy atom. The van der Waals surface area contributed by atoms with Crippen molar-refractivity contribution in [1.29, 1.82) is 0 Å². The average molecular weight is 232 g/mol. The SMILES string of the molecule is CC[C@@]1(C)NC(c2ccccc2)N[C@@]1(C)CC. The van der Waals surface area contributed by atoms with Crippen LogP contribution in [-0.2, 0) is 0 Å². The van der Waals surface area contributed by atoms with Crippen LogP contribution in [0.1, 0.15) is 52.3 Å². The van der Waals surface area contributed by atoms with Gasteiger partial charge in [0.05, 0.1) is 6.17 Å². The Morgan fingerprint density at radius 2 is 1.41 bits per heavy atom. The van der Waals surface area contributed by atoms with E-state index in [1.54, 1.807) is 0 Å². The summed E-state index contributed by atoms with van der Waals surface area (Å²) in [6.45, 7) is 9.17. The van der Waals surface area contributed by atoms with Gasteiger partial charge in [-0.05, 0) is 32.3 Å². The fraction of sp³-hybridized carbons (Fsp3) is 0.600. The van der Waals surface area contributed by atoms with Crippen molar-refractivity contribution in [2.24, 2.45) is 0 Å². The first-order valence-corrected chi connectivity index (χ1v) is 6.65. The topological polar surface area (TPSA) is 24.1 Å². The van der Waals surface area contributed by atoms with Crippen LogP contribution in [0.5, 0.6) is 0 Å². The van der Waals surface area contributed by atoms with Crippen molar-refractivity contribution >= 4 is 0 Å². The minimum absolute atomic E-state index is 0.155. The van der Waals surface area contributed by atoms with E-state index < -0.39 is 0 Å². The van der Waals surface area contributed by atoms with Crippen LogP contribution in [0.2, 0.25) is 0 Å². The smallest absolute Gasteiger partial charge is 0.0845 e. The minimum Gasteiger partial charge on any atom is -0.291 e. The normalized spacial score (nSPS) is 37.3. The van der Waals surface area contributed by atoms with E-state index in [1.807, 2.05) is 0 Å². The van der Waals surface area contributed by atoms with Gasteiger partial charge in [0.15, 0.2) is 0 Å². The van der Waals surface area contributed by atoms with E-state index in [0.717, 1.165) is 12.8 Å². The maximum Gasteiger partial charge on any atom is 0.0845 e. The lowest BCUT2D eigenvalue weighted by atomic mass is 9.77. The van der Waals surface area contributed by atoms with Gasteiger partial charge in [0.2, 0.25) is 0 Å². The molecule has 2 rings (SSSR count). The number of nitrogens with one attached hydrogen (secondary N) is 2. The molecule has 94 valence electrons. The van der Waals surface area contributed by atoms with Gasteiger partial charge in [-0.15, -0.1) is 0 Å². The molecule has 1 aliphatic rings. The van der Waals surface area contributed by atoms with E-state index >= 15 is 0 Å². The second-order valence-electron chi connectivity index (χ2n) is 5.50. The van der Waals surface area contributed by atoms with E-state index in [2.05, 4.69) is 68.7 Å². The van der Waals surface area contributed by atoms with E-state index in [1.165, 1.54) is 5.56 Å². The van der Waals surface area contributed by atoms with E-state index in [0.29, 0.717) is 0 Å². The Hall–Kier alpha value is -0.860. The molecule has 0 amide bonds. The van der Waals surface area contributed by atoms with E-state index in [4.69, 9.17) is 0 Å². The highest BCUT2D eigenvalue weighted by Crippen LogP contribution is 2.37. The lowest BCUT2D eigenvalue weighted by Gasteiger charge is -2.39. The molecular weight excluding hydrogens is 208 g/mol. The highest BCUT2D eigenvalue weighted by atomic mass is 15.3. The van der Waals surface area contributed by atoms with Gasteiger partial charge in [-0.2, -0.15) is 0 Å². The highest BCUT2D eigenvalue weighted by molar-refractivity contribution is 5.24. The molecule has 1 aliphatic heterocycles. The number of hydrogen-bond acceptors (Lipinski definition) is 2. The Kier molecular flexibility index (Phi) is 3.28. The van der Waals surface area contributed by atoms with Crippen LogP contribution < -0.4 is 10.6 Å². The predicted octanol–water partition coefficient (Wildman–Crippen LogP) is 3.22. The van der Waals surface area contributed by atoms with Gasteiger partial charge in [0.25, 0.3) is 0 Å². The van der Waals surface area contributed by atoms with Crippen molar-refractivity contribution in [2.75, 3.05) is 0 Å². The largest absolute Gasteiger partial charge is 0.291 e. The first-order valence-electron chi connectivity index (χ1n) is 6.65. The molecule has 17 heavy (non-hydrogen) atoms. The molecule has 0 spiro atoms. The average Bonchev–Trinajstić information content (AvgIpc) is 2.65. The number of rotatable bonds is 3. The summed E-state index contributed by atoms with van der Waals surface area (Å²) in [5, 5.41) is 7.53. The summed E-state index contributed by atoms with van der Waals surface area (Å²) in [5.74, 6) is 0. The second kappa shape index (κ2) is 4.43.